The third kappa shape index (κ3) is 2.59. The molecule has 4 rings (SSSR count). The van der Waals surface area contributed by atoms with E-state index in [0.29, 0.717) is 18.0 Å². The van der Waals surface area contributed by atoms with Gasteiger partial charge in [-0.15, -0.1) is 0 Å². The lowest BCUT2D eigenvalue weighted by atomic mass is 10.3. The molecule has 1 amide bonds. The zero-order valence-electron chi connectivity index (χ0n) is 12.0. The largest absolute Gasteiger partial charge is 0.305 e. The maximum absolute atomic E-state index is 12.5. The number of nitrogens with one attached hydrogen (secondary N) is 1. The van der Waals surface area contributed by atoms with Crippen molar-refractivity contribution in [2.75, 3.05) is 5.32 Å². The molecule has 4 aromatic heterocycles. The molecule has 0 bridgehead atoms. The molecule has 0 aliphatic rings. The minimum atomic E-state index is -0.311. The number of aromatic nitrogens is 5. The molecule has 0 radical (unpaired) electrons. The van der Waals surface area contributed by atoms with E-state index in [1.165, 1.54) is 0 Å². The minimum absolute atomic E-state index is 0.279. The number of carbonyl (C=O) groups is 1. The summed E-state index contributed by atoms with van der Waals surface area (Å²) in [5.74, 6) is 0.311. The molecule has 114 valence electrons. The lowest BCUT2D eigenvalue weighted by molar-refractivity contribution is 0.102. The number of hydrogen-bond donors (Lipinski definition) is 1. The van der Waals surface area contributed by atoms with Gasteiger partial charge in [-0.25, -0.2) is 14.6 Å². The average Bonchev–Trinajstić information content (AvgIpc) is 3.29. The first-order valence-corrected chi connectivity index (χ1v) is 7.87. The summed E-state index contributed by atoms with van der Waals surface area (Å²) in [7, 11) is 0. The highest BCUT2D eigenvalue weighted by molar-refractivity contribution is 7.07. The van der Waals surface area contributed by atoms with Crippen molar-refractivity contribution in [2.45, 2.75) is 6.54 Å². The molecule has 0 spiro atoms. The molecule has 0 aromatic carbocycles. The summed E-state index contributed by atoms with van der Waals surface area (Å²) in [6, 6.07) is 3.79. The van der Waals surface area contributed by atoms with Crippen molar-refractivity contribution in [1.82, 2.24) is 24.1 Å². The number of thiophene rings is 1. The lowest BCUT2D eigenvalue weighted by Gasteiger charge is -2.08. The monoisotopic (exact) mass is 324 g/mol. The first-order chi connectivity index (χ1) is 11.3. The second-order valence-electron chi connectivity index (χ2n) is 4.89. The lowest BCUT2D eigenvalue weighted by Crippen LogP contribution is -2.18. The van der Waals surface area contributed by atoms with Gasteiger partial charge in [0.25, 0.3) is 5.91 Å². The molecule has 7 nitrogen and oxygen atoms in total. The smallest absolute Gasteiger partial charge is 0.279 e. The Morgan fingerprint density at radius 2 is 2.04 bits per heavy atom. The van der Waals surface area contributed by atoms with Crippen LogP contribution in [-0.2, 0) is 6.54 Å². The minimum Gasteiger partial charge on any atom is -0.305 e. The van der Waals surface area contributed by atoms with Gasteiger partial charge < -0.3 is 9.72 Å². The van der Waals surface area contributed by atoms with Gasteiger partial charge in [-0.3, -0.25) is 4.79 Å². The molecule has 0 aliphatic heterocycles. The van der Waals surface area contributed by atoms with Crippen LogP contribution in [0.5, 0.6) is 0 Å². The zero-order chi connectivity index (χ0) is 15.6. The maximum atomic E-state index is 12.5. The standard InChI is InChI=1S/C15H12N6OS/c22-15(13-14-17-5-7-20(14)6-4-16-13)19-12-1-3-18-21(12)9-11-2-8-23-10-11/h1-8,10H,9H2,(H,19,22). The van der Waals surface area contributed by atoms with Crippen LogP contribution in [-0.4, -0.2) is 30.1 Å². The number of fused-ring (bicyclic) bond motifs is 1. The van der Waals surface area contributed by atoms with Gasteiger partial charge in [0.05, 0.1) is 12.7 Å². The molecule has 8 heteroatoms. The van der Waals surface area contributed by atoms with Crippen LogP contribution in [0.25, 0.3) is 5.65 Å². The summed E-state index contributed by atoms with van der Waals surface area (Å²) >= 11 is 1.63. The predicted molar refractivity (Wildman–Crippen MR) is 86.6 cm³/mol. The van der Waals surface area contributed by atoms with E-state index in [9.17, 15) is 4.79 Å². The van der Waals surface area contributed by atoms with E-state index in [2.05, 4.69) is 25.8 Å². The summed E-state index contributed by atoms with van der Waals surface area (Å²) < 4.78 is 3.50. The van der Waals surface area contributed by atoms with Crippen molar-refractivity contribution < 1.29 is 4.79 Å². The number of imidazole rings is 1. The van der Waals surface area contributed by atoms with Crippen LogP contribution in [0.2, 0.25) is 0 Å². The Morgan fingerprint density at radius 3 is 2.87 bits per heavy atom. The summed E-state index contributed by atoms with van der Waals surface area (Å²) in [6.07, 6.45) is 8.39. The molecule has 0 atom stereocenters. The molecule has 4 heterocycles. The highest BCUT2D eigenvalue weighted by Crippen LogP contribution is 2.14. The number of nitrogens with zero attached hydrogens (tertiary/aromatic N) is 5. The molecule has 0 saturated heterocycles. The van der Waals surface area contributed by atoms with Gasteiger partial charge in [0, 0.05) is 30.9 Å². The van der Waals surface area contributed by atoms with Crippen LogP contribution in [0.3, 0.4) is 0 Å². The SMILES string of the molecule is O=C(Nc1ccnn1Cc1ccsc1)c1nccn2ccnc12. The van der Waals surface area contributed by atoms with Crippen molar-refractivity contribution in [3.63, 3.8) is 0 Å². The Kier molecular flexibility index (Phi) is 3.35. The summed E-state index contributed by atoms with van der Waals surface area (Å²) in [5, 5.41) is 11.2. The van der Waals surface area contributed by atoms with E-state index in [1.54, 1.807) is 57.5 Å². The quantitative estimate of drug-likeness (QED) is 0.625. The zero-order valence-corrected chi connectivity index (χ0v) is 12.8. The molecular formula is C15H12N6OS. The van der Waals surface area contributed by atoms with Gasteiger partial charge in [-0.1, -0.05) is 0 Å². The third-order valence-corrected chi connectivity index (χ3v) is 4.13. The predicted octanol–water partition coefficient (Wildman–Crippen LogP) is 2.29. The molecule has 0 saturated carbocycles. The topological polar surface area (TPSA) is 77.1 Å². The molecule has 4 aromatic rings. The van der Waals surface area contributed by atoms with Crippen molar-refractivity contribution >= 4 is 28.7 Å². The van der Waals surface area contributed by atoms with Gasteiger partial charge in [-0.05, 0) is 22.4 Å². The Bertz CT molecular complexity index is 955. The number of carbonyl (C=O) groups excluding carboxylic acids is 1. The van der Waals surface area contributed by atoms with Crippen LogP contribution in [0.4, 0.5) is 5.82 Å². The summed E-state index contributed by atoms with van der Waals surface area (Å²) in [4.78, 5) is 20.8. The van der Waals surface area contributed by atoms with Crippen LogP contribution < -0.4 is 5.32 Å². The molecule has 0 aliphatic carbocycles. The Morgan fingerprint density at radius 1 is 1.17 bits per heavy atom. The number of rotatable bonds is 4. The first-order valence-electron chi connectivity index (χ1n) is 6.93. The first kappa shape index (κ1) is 13.6. The van der Waals surface area contributed by atoms with Crippen LogP contribution in [0, 0.1) is 0 Å². The fourth-order valence-electron chi connectivity index (χ4n) is 2.31. The van der Waals surface area contributed by atoms with Crippen LogP contribution in [0.1, 0.15) is 16.1 Å². The van der Waals surface area contributed by atoms with Gasteiger partial charge >= 0.3 is 0 Å². The second-order valence-corrected chi connectivity index (χ2v) is 5.67. The normalized spacial score (nSPS) is 11.0. The van der Waals surface area contributed by atoms with Gasteiger partial charge in [-0.2, -0.15) is 16.4 Å². The van der Waals surface area contributed by atoms with Gasteiger partial charge in [0.2, 0.25) is 0 Å². The highest BCUT2D eigenvalue weighted by atomic mass is 32.1. The fraction of sp³-hybridized carbons (Fsp3) is 0.0667. The van der Waals surface area contributed by atoms with E-state index in [1.807, 2.05) is 11.4 Å². The van der Waals surface area contributed by atoms with E-state index in [4.69, 9.17) is 0 Å². The van der Waals surface area contributed by atoms with Crippen molar-refractivity contribution in [3.8, 4) is 0 Å². The van der Waals surface area contributed by atoms with Crippen molar-refractivity contribution in [2.24, 2.45) is 0 Å². The van der Waals surface area contributed by atoms with Crippen LogP contribution in [0.15, 0.2) is 53.9 Å². The number of hydrogen-bond acceptors (Lipinski definition) is 5. The fourth-order valence-corrected chi connectivity index (χ4v) is 2.97. The molecule has 1 N–H and O–H groups in total. The van der Waals surface area contributed by atoms with E-state index in [-0.39, 0.29) is 11.6 Å². The maximum Gasteiger partial charge on any atom is 0.279 e. The van der Waals surface area contributed by atoms with Gasteiger partial charge in [0.1, 0.15) is 5.82 Å². The molecule has 0 unspecified atom stereocenters. The third-order valence-electron chi connectivity index (χ3n) is 3.40. The highest BCUT2D eigenvalue weighted by Gasteiger charge is 2.15. The molecular weight excluding hydrogens is 312 g/mol. The Labute approximate surface area is 135 Å². The van der Waals surface area contributed by atoms with Crippen molar-refractivity contribution in [3.05, 3.63) is 65.1 Å². The van der Waals surface area contributed by atoms with E-state index in [0.717, 1.165) is 5.56 Å². The summed E-state index contributed by atoms with van der Waals surface area (Å²) in [5.41, 5.74) is 1.94. The number of amides is 1. The van der Waals surface area contributed by atoms with E-state index >= 15 is 0 Å². The molecule has 23 heavy (non-hydrogen) atoms. The van der Waals surface area contributed by atoms with E-state index < -0.39 is 0 Å². The Balaban J connectivity index is 1.60. The van der Waals surface area contributed by atoms with Crippen molar-refractivity contribution in [1.29, 1.82) is 0 Å². The summed E-state index contributed by atoms with van der Waals surface area (Å²) in [6.45, 7) is 0.604. The Hall–Kier alpha value is -3.00. The molecule has 0 fully saturated rings. The number of anilines is 1. The average molecular weight is 324 g/mol. The van der Waals surface area contributed by atoms with Gasteiger partial charge in [0.15, 0.2) is 11.3 Å². The van der Waals surface area contributed by atoms with Crippen LogP contribution >= 0.6 is 11.3 Å². The second kappa shape index (κ2) is 5.65.